The number of rotatable bonds is 7. The zero-order valence-electron chi connectivity index (χ0n) is 15.6. The van der Waals surface area contributed by atoms with E-state index in [1.54, 1.807) is 11.8 Å². The molecular weight excluding hydrogens is 408 g/mol. The van der Waals surface area contributed by atoms with Crippen molar-refractivity contribution < 1.29 is 19.1 Å². The Kier molecular flexibility index (Phi) is 6.10. The highest BCUT2D eigenvalue weighted by Crippen LogP contribution is 2.29. The zero-order valence-corrected chi connectivity index (χ0v) is 17.3. The SMILES string of the molecule is O=C1NC(Cc2ccc(OCCCN3CSc4ccccc4C3=O)cc2)C(=O)S1. The maximum Gasteiger partial charge on any atom is 0.287 e. The maximum atomic E-state index is 12.5. The Morgan fingerprint density at radius 2 is 1.86 bits per heavy atom. The number of hydrogen-bond donors (Lipinski definition) is 1. The van der Waals surface area contributed by atoms with Crippen molar-refractivity contribution in [2.75, 3.05) is 19.0 Å². The van der Waals surface area contributed by atoms with E-state index in [9.17, 15) is 14.4 Å². The average molecular weight is 429 g/mol. The molecule has 2 heterocycles. The molecule has 6 nitrogen and oxygen atoms in total. The molecular formula is C21H20N2O4S2. The van der Waals surface area contributed by atoms with E-state index >= 15 is 0 Å². The second-order valence-corrected chi connectivity index (χ2v) is 8.76. The van der Waals surface area contributed by atoms with Crippen LogP contribution in [0, 0.1) is 0 Å². The fourth-order valence-corrected chi connectivity index (χ4v) is 4.94. The summed E-state index contributed by atoms with van der Waals surface area (Å²) in [4.78, 5) is 38.3. The van der Waals surface area contributed by atoms with Crippen molar-refractivity contribution in [3.05, 3.63) is 59.7 Å². The van der Waals surface area contributed by atoms with Gasteiger partial charge in [-0.3, -0.25) is 14.4 Å². The van der Waals surface area contributed by atoms with Crippen LogP contribution in [0.5, 0.6) is 5.75 Å². The van der Waals surface area contributed by atoms with Crippen LogP contribution in [0.2, 0.25) is 0 Å². The number of fused-ring (bicyclic) bond motifs is 1. The molecule has 0 bridgehead atoms. The number of hydrogen-bond acceptors (Lipinski definition) is 6. The van der Waals surface area contributed by atoms with E-state index in [-0.39, 0.29) is 16.3 Å². The van der Waals surface area contributed by atoms with Crippen LogP contribution in [0.3, 0.4) is 0 Å². The predicted molar refractivity (Wildman–Crippen MR) is 113 cm³/mol. The Bertz CT molecular complexity index is 933. The minimum Gasteiger partial charge on any atom is -0.494 e. The average Bonchev–Trinajstić information content (AvgIpc) is 3.05. The van der Waals surface area contributed by atoms with Gasteiger partial charge in [-0.1, -0.05) is 24.3 Å². The molecule has 8 heteroatoms. The number of carbonyl (C=O) groups is 3. The van der Waals surface area contributed by atoms with Gasteiger partial charge in [-0.15, -0.1) is 11.8 Å². The van der Waals surface area contributed by atoms with Crippen molar-refractivity contribution in [3.8, 4) is 5.75 Å². The minimum absolute atomic E-state index is 0.0791. The summed E-state index contributed by atoms with van der Waals surface area (Å²) in [6.07, 6.45) is 1.23. The van der Waals surface area contributed by atoms with E-state index in [0.717, 1.165) is 40.0 Å². The van der Waals surface area contributed by atoms with Crippen LogP contribution < -0.4 is 10.1 Å². The standard InChI is InChI=1S/C21H20N2O4S2/c24-19-16-4-1-2-5-18(16)28-13-23(19)10-3-11-27-15-8-6-14(7-9-15)12-17-20(25)29-21(26)22-17/h1-2,4-9,17H,3,10-13H2,(H,22,26). The van der Waals surface area contributed by atoms with E-state index in [0.29, 0.717) is 25.4 Å². The molecule has 2 aliphatic rings. The molecule has 1 unspecified atom stereocenters. The van der Waals surface area contributed by atoms with Crippen LogP contribution in [0.4, 0.5) is 4.79 Å². The number of carbonyl (C=O) groups excluding carboxylic acids is 3. The van der Waals surface area contributed by atoms with E-state index in [1.807, 2.05) is 53.4 Å². The molecule has 1 N–H and O–H groups in total. The predicted octanol–water partition coefficient (Wildman–Crippen LogP) is 3.56. The first-order chi connectivity index (χ1) is 14.1. The Hall–Kier alpha value is -2.45. The first-order valence-electron chi connectivity index (χ1n) is 9.35. The summed E-state index contributed by atoms with van der Waals surface area (Å²) in [5, 5.41) is 2.24. The number of ether oxygens (including phenoxy) is 1. The largest absolute Gasteiger partial charge is 0.494 e. The topological polar surface area (TPSA) is 75.7 Å². The summed E-state index contributed by atoms with van der Waals surface area (Å²) in [5.74, 6) is 1.49. The number of amides is 2. The normalized spacial score (nSPS) is 18.6. The van der Waals surface area contributed by atoms with Gasteiger partial charge >= 0.3 is 0 Å². The van der Waals surface area contributed by atoms with E-state index < -0.39 is 6.04 Å². The van der Waals surface area contributed by atoms with Crippen molar-refractivity contribution in [2.24, 2.45) is 0 Å². The van der Waals surface area contributed by atoms with Gasteiger partial charge in [0.05, 0.1) is 18.0 Å². The first-order valence-corrected chi connectivity index (χ1v) is 11.2. The summed E-state index contributed by atoms with van der Waals surface area (Å²) in [7, 11) is 0. The lowest BCUT2D eigenvalue weighted by molar-refractivity contribution is -0.112. The van der Waals surface area contributed by atoms with E-state index in [1.165, 1.54) is 0 Å². The Labute approximate surface area is 177 Å². The summed E-state index contributed by atoms with van der Waals surface area (Å²) in [5.41, 5.74) is 1.74. The van der Waals surface area contributed by atoms with Crippen molar-refractivity contribution in [1.29, 1.82) is 0 Å². The molecule has 1 atom stereocenters. The van der Waals surface area contributed by atoms with Gasteiger partial charge in [-0.25, -0.2) is 0 Å². The molecule has 2 aliphatic heterocycles. The van der Waals surface area contributed by atoms with Crippen molar-refractivity contribution in [3.63, 3.8) is 0 Å². The molecule has 0 radical (unpaired) electrons. The lowest BCUT2D eigenvalue weighted by Gasteiger charge is -2.27. The fourth-order valence-electron chi connectivity index (χ4n) is 3.24. The van der Waals surface area contributed by atoms with Crippen molar-refractivity contribution in [1.82, 2.24) is 10.2 Å². The van der Waals surface area contributed by atoms with Crippen LogP contribution >= 0.6 is 23.5 Å². The molecule has 0 spiro atoms. The van der Waals surface area contributed by atoms with Crippen molar-refractivity contribution >= 4 is 39.8 Å². The summed E-state index contributed by atoms with van der Waals surface area (Å²) < 4.78 is 5.78. The van der Waals surface area contributed by atoms with Gasteiger partial charge in [0.15, 0.2) is 0 Å². The molecule has 29 heavy (non-hydrogen) atoms. The minimum atomic E-state index is -0.454. The quantitative estimate of drug-likeness (QED) is 0.680. The highest BCUT2D eigenvalue weighted by Gasteiger charge is 2.31. The maximum absolute atomic E-state index is 12.5. The molecule has 1 saturated heterocycles. The third-order valence-corrected chi connectivity index (χ3v) is 6.65. The van der Waals surface area contributed by atoms with Crippen LogP contribution in [0.1, 0.15) is 22.3 Å². The second-order valence-electron chi connectivity index (χ2n) is 6.79. The highest BCUT2D eigenvalue weighted by atomic mass is 32.2. The van der Waals surface area contributed by atoms with Gasteiger partial charge < -0.3 is 15.0 Å². The van der Waals surface area contributed by atoms with Gasteiger partial charge in [-0.2, -0.15) is 0 Å². The summed E-state index contributed by atoms with van der Waals surface area (Å²) >= 11 is 2.41. The Morgan fingerprint density at radius 1 is 1.07 bits per heavy atom. The molecule has 2 aromatic carbocycles. The Balaban J connectivity index is 1.22. The van der Waals surface area contributed by atoms with Crippen LogP contribution in [-0.4, -0.2) is 46.2 Å². The van der Waals surface area contributed by atoms with E-state index in [4.69, 9.17) is 4.74 Å². The summed E-state index contributed by atoms with van der Waals surface area (Å²) in [6.45, 7) is 1.17. The number of nitrogens with zero attached hydrogens (tertiary/aromatic N) is 1. The number of thioether (sulfide) groups is 2. The Morgan fingerprint density at radius 3 is 2.62 bits per heavy atom. The third-order valence-electron chi connectivity index (χ3n) is 4.75. The van der Waals surface area contributed by atoms with Crippen molar-refractivity contribution in [2.45, 2.75) is 23.8 Å². The molecule has 0 saturated carbocycles. The molecule has 0 aromatic heterocycles. The van der Waals surface area contributed by atoms with Gasteiger partial charge in [0, 0.05) is 29.6 Å². The molecule has 2 amide bonds. The first kappa shape index (κ1) is 19.8. The number of nitrogens with one attached hydrogen (secondary N) is 1. The smallest absolute Gasteiger partial charge is 0.287 e. The van der Waals surface area contributed by atoms with Crippen LogP contribution in [0.25, 0.3) is 0 Å². The molecule has 2 aromatic rings. The monoisotopic (exact) mass is 428 g/mol. The lowest BCUT2D eigenvalue weighted by Crippen LogP contribution is -2.35. The van der Waals surface area contributed by atoms with Gasteiger partial charge in [0.2, 0.25) is 5.12 Å². The van der Waals surface area contributed by atoms with Gasteiger partial charge in [0.1, 0.15) is 11.8 Å². The summed E-state index contributed by atoms with van der Waals surface area (Å²) in [6, 6.07) is 14.8. The fraction of sp³-hybridized carbons (Fsp3) is 0.286. The molecule has 4 rings (SSSR count). The second kappa shape index (κ2) is 8.92. The zero-order chi connectivity index (χ0) is 20.2. The molecule has 1 fully saturated rings. The highest BCUT2D eigenvalue weighted by molar-refractivity contribution is 8.26. The van der Waals surface area contributed by atoms with E-state index in [2.05, 4.69) is 5.32 Å². The van der Waals surface area contributed by atoms with Gasteiger partial charge in [-0.05, 0) is 36.2 Å². The van der Waals surface area contributed by atoms with Gasteiger partial charge in [0.25, 0.3) is 11.1 Å². The number of benzene rings is 2. The third kappa shape index (κ3) is 4.76. The van der Waals surface area contributed by atoms with Crippen LogP contribution in [-0.2, 0) is 11.2 Å². The molecule has 0 aliphatic carbocycles. The lowest BCUT2D eigenvalue weighted by atomic mass is 10.1. The molecule has 150 valence electrons. The van der Waals surface area contributed by atoms with Crippen LogP contribution in [0.15, 0.2) is 53.4 Å².